The third-order valence-corrected chi connectivity index (χ3v) is 4.58. The molecular formula is C17H22N4O. The van der Waals surface area contributed by atoms with Crippen molar-refractivity contribution >= 4 is 5.91 Å². The molecule has 1 N–H and O–H groups in total. The summed E-state index contributed by atoms with van der Waals surface area (Å²) in [4.78, 5) is 15.9. The van der Waals surface area contributed by atoms with E-state index in [2.05, 4.69) is 39.7 Å². The fourth-order valence-corrected chi connectivity index (χ4v) is 3.07. The summed E-state index contributed by atoms with van der Waals surface area (Å²) in [6, 6.07) is 10.6. The van der Waals surface area contributed by atoms with Gasteiger partial charge in [0.2, 0.25) is 5.91 Å². The number of nitrogens with one attached hydrogen (secondary N) is 1. The fraction of sp³-hybridized carbons (Fsp3) is 0.471. The Balaban J connectivity index is 1.45. The van der Waals surface area contributed by atoms with E-state index in [4.69, 9.17) is 0 Å². The molecule has 1 aromatic heterocycles. The Morgan fingerprint density at radius 2 is 2.09 bits per heavy atom. The lowest BCUT2D eigenvalue weighted by Crippen LogP contribution is -2.45. The van der Waals surface area contributed by atoms with E-state index in [1.54, 1.807) is 11.0 Å². The van der Waals surface area contributed by atoms with Gasteiger partial charge in [-0.25, -0.2) is 4.98 Å². The molecule has 0 saturated heterocycles. The fourth-order valence-electron chi connectivity index (χ4n) is 3.07. The number of hydrogen-bond acceptors (Lipinski definition) is 3. The Bertz CT molecular complexity index is 590. The van der Waals surface area contributed by atoms with Crippen molar-refractivity contribution in [3.63, 3.8) is 0 Å². The second-order valence-electron chi connectivity index (χ2n) is 6.04. The van der Waals surface area contributed by atoms with Gasteiger partial charge in [0.25, 0.3) is 0 Å². The Hall–Kier alpha value is -2.17. The molecule has 1 saturated carbocycles. The molecule has 5 nitrogen and oxygen atoms in total. The van der Waals surface area contributed by atoms with Crippen molar-refractivity contribution in [3.8, 4) is 0 Å². The Morgan fingerprint density at radius 3 is 2.73 bits per heavy atom. The van der Waals surface area contributed by atoms with Gasteiger partial charge in [0.1, 0.15) is 12.7 Å². The molecule has 2 aromatic rings. The lowest BCUT2D eigenvalue weighted by molar-refractivity contribution is -0.121. The van der Waals surface area contributed by atoms with Gasteiger partial charge in [-0.05, 0) is 24.8 Å². The van der Waals surface area contributed by atoms with Gasteiger partial charge in [-0.15, -0.1) is 0 Å². The van der Waals surface area contributed by atoms with Crippen molar-refractivity contribution in [2.75, 3.05) is 6.54 Å². The van der Waals surface area contributed by atoms with Crippen molar-refractivity contribution in [2.45, 2.75) is 44.1 Å². The standard InChI is InChI=1S/C17H22N4O/c22-16(8-4-11-21-14-18-13-20-21)19-12-17(9-5-10-17)15-6-2-1-3-7-15/h1-3,6-7,13-14H,4-5,8-12H2,(H,19,22). The summed E-state index contributed by atoms with van der Waals surface area (Å²) in [5.41, 5.74) is 1.51. The monoisotopic (exact) mass is 298 g/mol. The maximum Gasteiger partial charge on any atom is 0.220 e. The van der Waals surface area contributed by atoms with Gasteiger partial charge in [-0.1, -0.05) is 36.8 Å². The van der Waals surface area contributed by atoms with Gasteiger partial charge >= 0.3 is 0 Å². The number of carbonyl (C=O) groups is 1. The Kier molecular flexibility index (Phi) is 4.51. The van der Waals surface area contributed by atoms with Crippen LogP contribution in [0.3, 0.4) is 0 Å². The number of carbonyl (C=O) groups excluding carboxylic acids is 1. The summed E-state index contributed by atoms with van der Waals surface area (Å²) >= 11 is 0. The van der Waals surface area contributed by atoms with Crippen molar-refractivity contribution in [2.24, 2.45) is 0 Å². The average molecular weight is 298 g/mol. The molecule has 1 aliphatic carbocycles. The van der Waals surface area contributed by atoms with Gasteiger partial charge in [-0.2, -0.15) is 5.10 Å². The minimum absolute atomic E-state index is 0.127. The zero-order valence-electron chi connectivity index (χ0n) is 12.7. The highest BCUT2D eigenvalue weighted by Crippen LogP contribution is 2.43. The molecular weight excluding hydrogens is 276 g/mol. The molecule has 1 aromatic carbocycles. The van der Waals surface area contributed by atoms with E-state index < -0.39 is 0 Å². The van der Waals surface area contributed by atoms with Gasteiger partial charge in [0.05, 0.1) is 0 Å². The third-order valence-electron chi connectivity index (χ3n) is 4.58. The molecule has 3 rings (SSSR count). The smallest absolute Gasteiger partial charge is 0.220 e. The van der Waals surface area contributed by atoms with E-state index in [1.165, 1.54) is 18.3 Å². The SMILES string of the molecule is O=C(CCCn1cncn1)NCC1(c2ccccc2)CCC1. The van der Waals surface area contributed by atoms with Crippen LogP contribution in [0.5, 0.6) is 0 Å². The highest BCUT2D eigenvalue weighted by atomic mass is 16.1. The minimum atomic E-state index is 0.127. The molecule has 0 radical (unpaired) electrons. The average Bonchev–Trinajstić information content (AvgIpc) is 3.01. The van der Waals surface area contributed by atoms with Gasteiger partial charge in [0, 0.05) is 24.9 Å². The Labute approximate surface area is 130 Å². The lowest BCUT2D eigenvalue weighted by atomic mass is 9.64. The molecule has 1 aliphatic rings. The van der Waals surface area contributed by atoms with Crippen molar-refractivity contribution in [1.29, 1.82) is 0 Å². The number of rotatable bonds is 7. The second kappa shape index (κ2) is 6.73. The Morgan fingerprint density at radius 1 is 1.27 bits per heavy atom. The summed E-state index contributed by atoms with van der Waals surface area (Å²) in [5.74, 6) is 0.127. The first-order valence-electron chi connectivity index (χ1n) is 7.93. The van der Waals surface area contributed by atoms with Crippen molar-refractivity contribution in [1.82, 2.24) is 20.1 Å². The van der Waals surface area contributed by atoms with Crippen LogP contribution in [-0.2, 0) is 16.8 Å². The molecule has 0 atom stereocenters. The van der Waals surface area contributed by atoms with E-state index in [9.17, 15) is 4.79 Å². The summed E-state index contributed by atoms with van der Waals surface area (Å²) < 4.78 is 1.75. The van der Waals surface area contributed by atoms with E-state index in [1.807, 2.05) is 6.07 Å². The molecule has 1 heterocycles. The maximum absolute atomic E-state index is 12.0. The molecule has 116 valence electrons. The largest absolute Gasteiger partial charge is 0.355 e. The second-order valence-corrected chi connectivity index (χ2v) is 6.04. The van der Waals surface area contributed by atoms with Crippen molar-refractivity contribution in [3.05, 3.63) is 48.5 Å². The van der Waals surface area contributed by atoms with Crippen LogP contribution in [0.1, 0.15) is 37.7 Å². The molecule has 1 amide bonds. The van der Waals surface area contributed by atoms with Crippen LogP contribution >= 0.6 is 0 Å². The topological polar surface area (TPSA) is 59.8 Å². The number of aromatic nitrogens is 3. The summed E-state index contributed by atoms with van der Waals surface area (Å²) in [6.45, 7) is 1.48. The van der Waals surface area contributed by atoms with Crippen LogP contribution in [0.15, 0.2) is 43.0 Å². The van der Waals surface area contributed by atoms with Crippen LogP contribution < -0.4 is 5.32 Å². The van der Waals surface area contributed by atoms with Crippen molar-refractivity contribution < 1.29 is 4.79 Å². The number of aryl methyl sites for hydroxylation is 1. The molecule has 0 aliphatic heterocycles. The lowest BCUT2D eigenvalue weighted by Gasteiger charge is -2.42. The predicted octanol–water partition coefficient (Wildman–Crippen LogP) is 2.30. The molecule has 22 heavy (non-hydrogen) atoms. The van der Waals surface area contributed by atoms with E-state index in [0.717, 1.165) is 32.4 Å². The molecule has 0 spiro atoms. The number of nitrogens with zero attached hydrogens (tertiary/aromatic N) is 3. The first kappa shape index (κ1) is 14.8. The van der Waals surface area contributed by atoms with Gasteiger partial charge < -0.3 is 5.32 Å². The predicted molar refractivity (Wildman–Crippen MR) is 84.2 cm³/mol. The normalized spacial score (nSPS) is 16.0. The van der Waals surface area contributed by atoms with E-state index in [-0.39, 0.29) is 11.3 Å². The zero-order chi connectivity index (χ0) is 15.3. The zero-order valence-corrected chi connectivity index (χ0v) is 12.7. The van der Waals surface area contributed by atoms with Crippen LogP contribution in [0.2, 0.25) is 0 Å². The number of amides is 1. The van der Waals surface area contributed by atoms with Crippen LogP contribution in [0.25, 0.3) is 0 Å². The molecule has 0 bridgehead atoms. The molecule has 5 heteroatoms. The van der Waals surface area contributed by atoms with Gasteiger partial charge in [-0.3, -0.25) is 9.48 Å². The van der Waals surface area contributed by atoms with Crippen LogP contribution in [0.4, 0.5) is 0 Å². The third kappa shape index (κ3) is 3.35. The molecule has 0 unspecified atom stereocenters. The first-order chi connectivity index (χ1) is 10.8. The highest BCUT2D eigenvalue weighted by molar-refractivity contribution is 5.76. The minimum Gasteiger partial charge on any atom is -0.355 e. The van der Waals surface area contributed by atoms with E-state index in [0.29, 0.717) is 6.42 Å². The quantitative estimate of drug-likeness (QED) is 0.853. The number of hydrogen-bond donors (Lipinski definition) is 1. The van der Waals surface area contributed by atoms with Gasteiger partial charge in [0.15, 0.2) is 0 Å². The highest BCUT2D eigenvalue weighted by Gasteiger charge is 2.38. The summed E-state index contributed by atoms with van der Waals surface area (Å²) in [7, 11) is 0. The first-order valence-corrected chi connectivity index (χ1v) is 7.93. The number of benzene rings is 1. The summed E-state index contributed by atoms with van der Waals surface area (Å²) in [6.07, 6.45) is 8.08. The maximum atomic E-state index is 12.0. The van der Waals surface area contributed by atoms with Crippen LogP contribution in [-0.4, -0.2) is 27.2 Å². The van der Waals surface area contributed by atoms with Crippen LogP contribution in [0, 0.1) is 0 Å². The van der Waals surface area contributed by atoms with E-state index >= 15 is 0 Å². The molecule has 1 fully saturated rings. The summed E-state index contributed by atoms with van der Waals surface area (Å²) in [5, 5.41) is 7.15.